The van der Waals surface area contributed by atoms with Gasteiger partial charge >= 0.3 is 0 Å². The van der Waals surface area contributed by atoms with Gasteiger partial charge in [0.2, 0.25) is 5.91 Å². The minimum Gasteiger partial charge on any atom is -0.354 e. The van der Waals surface area contributed by atoms with E-state index in [0.717, 1.165) is 12.1 Å². The van der Waals surface area contributed by atoms with Crippen molar-refractivity contribution in [2.75, 3.05) is 6.54 Å². The predicted molar refractivity (Wildman–Crippen MR) is 66.8 cm³/mol. The van der Waals surface area contributed by atoms with Gasteiger partial charge in [0.1, 0.15) is 6.54 Å². The van der Waals surface area contributed by atoms with E-state index in [-0.39, 0.29) is 5.91 Å². The molecule has 0 fully saturated rings. The van der Waals surface area contributed by atoms with E-state index in [2.05, 4.69) is 24.1 Å². The van der Waals surface area contributed by atoms with Crippen LogP contribution in [-0.4, -0.2) is 22.0 Å². The lowest BCUT2D eigenvalue weighted by molar-refractivity contribution is -0.121. The molecular formula is C11H19N3OS. The molecule has 0 radical (unpaired) electrons. The van der Waals surface area contributed by atoms with Gasteiger partial charge in [-0.1, -0.05) is 20.8 Å². The number of rotatable bonds is 5. The third-order valence-electron chi connectivity index (χ3n) is 2.33. The fourth-order valence-corrected chi connectivity index (χ4v) is 1.66. The van der Waals surface area contributed by atoms with Gasteiger partial charge in [-0.2, -0.15) is 0 Å². The Morgan fingerprint density at radius 2 is 2.31 bits per heavy atom. The largest absolute Gasteiger partial charge is 0.354 e. The third kappa shape index (κ3) is 3.48. The molecule has 0 bridgehead atoms. The van der Waals surface area contributed by atoms with Gasteiger partial charge in [0.15, 0.2) is 4.77 Å². The second kappa shape index (κ2) is 5.84. The maximum absolute atomic E-state index is 11.6. The summed E-state index contributed by atoms with van der Waals surface area (Å²) in [5.41, 5.74) is 1.06. The molecule has 0 aliphatic rings. The van der Waals surface area contributed by atoms with Gasteiger partial charge in [-0.3, -0.25) is 4.79 Å². The lowest BCUT2D eigenvalue weighted by Crippen LogP contribution is -2.31. The monoisotopic (exact) mass is 241 g/mol. The van der Waals surface area contributed by atoms with E-state index >= 15 is 0 Å². The van der Waals surface area contributed by atoms with Crippen molar-refractivity contribution in [3.05, 3.63) is 16.7 Å². The van der Waals surface area contributed by atoms with E-state index in [0.29, 0.717) is 23.8 Å². The summed E-state index contributed by atoms with van der Waals surface area (Å²) in [6, 6.07) is 0. The number of carbonyl (C=O) groups excluding carboxylic acids is 1. The molecule has 2 N–H and O–H groups in total. The highest BCUT2D eigenvalue weighted by Gasteiger charge is 2.07. The summed E-state index contributed by atoms with van der Waals surface area (Å²) in [6.07, 6.45) is 2.72. The van der Waals surface area contributed by atoms with E-state index in [1.54, 1.807) is 0 Å². The molecule has 0 aromatic carbocycles. The summed E-state index contributed by atoms with van der Waals surface area (Å²) < 4.78 is 2.45. The number of carbonyl (C=O) groups is 1. The highest BCUT2D eigenvalue weighted by atomic mass is 32.1. The predicted octanol–water partition coefficient (Wildman–Crippen LogP) is 1.88. The molecule has 1 rings (SSSR count). The zero-order valence-corrected chi connectivity index (χ0v) is 10.9. The van der Waals surface area contributed by atoms with Gasteiger partial charge in [0.05, 0.1) is 0 Å². The normalized spacial score (nSPS) is 10.8. The van der Waals surface area contributed by atoms with Crippen LogP contribution in [0.15, 0.2) is 6.20 Å². The standard InChI is InChI=1S/C11H19N3OS/c1-4-9-6-13-11(16)14(9)7-10(15)12-5-8(2)3/h6,8H,4-5,7H2,1-3H3,(H,12,15)(H,13,16). The molecule has 0 spiro atoms. The molecule has 5 heteroatoms. The first-order chi connectivity index (χ1) is 7.54. The number of nitrogens with zero attached hydrogens (tertiary/aromatic N) is 1. The van der Waals surface area contributed by atoms with E-state index in [1.165, 1.54) is 0 Å². The minimum atomic E-state index is 0.0131. The first-order valence-electron chi connectivity index (χ1n) is 5.58. The van der Waals surface area contributed by atoms with Crippen molar-refractivity contribution in [1.29, 1.82) is 0 Å². The minimum absolute atomic E-state index is 0.0131. The zero-order valence-electron chi connectivity index (χ0n) is 10.0. The summed E-state index contributed by atoms with van der Waals surface area (Å²) >= 11 is 5.12. The number of hydrogen-bond acceptors (Lipinski definition) is 2. The summed E-state index contributed by atoms with van der Waals surface area (Å²) in [6.45, 7) is 7.19. The van der Waals surface area contributed by atoms with Crippen LogP contribution in [0.3, 0.4) is 0 Å². The number of aromatic nitrogens is 2. The highest BCUT2D eigenvalue weighted by Crippen LogP contribution is 2.02. The highest BCUT2D eigenvalue weighted by molar-refractivity contribution is 7.71. The molecule has 0 atom stereocenters. The van der Waals surface area contributed by atoms with E-state index in [4.69, 9.17) is 12.2 Å². The first-order valence-corrected chi connectivity index (χ1v) is 5.99. The van der Waals surface area contributed by atoms with Crippen LogP contribution in [0, 0.1) is 10.7 Å². The Hall–Kier alpha value is -1.10. The maximum Gasteiger partial charge on any atom is 0.240 e. The van der Waals surface area contributed by atoms with Gasteiger partial charge in [-0.15, -0.1) is 0 Å². The van der Waals surface area contributed by atoms with Gasteiger partial charge in [-0.25, -0.2) is 0 Å². The van der Waals surface area contributed by atoms with E-state index in [1.807, 2.05) is 17.7 Å². The number of amides is 1. The van der Waals surface area contributed by atoms with Crippen LogP contribution >= 0.6 is 12.2 Å². The molecule has 0 saturated carbocycles. The van der Waals surface area contributed by atoms with Crippen LogP contribution in [0.1, 0.15) is 26.5 Å². The smallest absolute Gasteiger partial charge is 0.240 e. The molecule has 1 heterocycles. The molecule has 0 aliphatic heterocycles. The van der Waals surface area contributed by atoms with Crippen molar-refractivity contribution < 1.29 is 4.79 Å². The lowest BCUT2D eigenvalue weighted by atomic mass is 10.2. The van der Waals surface area contributed by atoms with E-state index in [9.17, 15) is 4.79 Å². The molecule has 0 unspecified atom stereocenters. The Kier molecular flexibility index (Phi) is 4.73. The second-order valence-electron chi connectivity index (χ2n) is 4.22. The number of imidazole rings is 1. The quantitative estimate of drug-likeness (QED) is 0.773. The van der Waals surface area contributed by atoms with Crippen LogP contribution in [0.25, 0.3) is 0 Å². The van der Waals surface area contributed by atoms with E-state index < -0.39 is 0 Å². The topological polar surface area (TPSA) is 49.8 Å². The van der Waals surface area contributed by atoms with Gasteiger partial charge in [0.25, 0.3) is 0 Å². The molecule has 1 amide bonds. The van der Waals surface area contributed by atoms with Crippen molar-refractivity contribution >= 4 is 18.1 Å². The SMILES string of the molecule is CCc1c[nH]c(=S)n1CC(=O)NCC(C)C. The summed E-state index contributed by atoms with van der Waals surface area (Å²) in [5.74, 6) is 0.480. The van der Waals surface area contributed by atoms with Crippen molar-refractivity contribution in [3.63, 3.8) is 0 Å². The molecule has 4 nitrogen and oxygen atoms in total. The van der Waals surface area contributed by atoms with Crippen molar-refractivity contribution in [2.24, 2.45) is 5.92 Å². The van der Waals surface area contributed by atoms with Crippen molar-refractivity contribution in [2.45, 2.75) is 33.7 Å². The number of aromatic amines is 1. The molecule has 1 aromatic heterocycles. The Morgan fingerprint density at radius 1 is 1.62 bits per heavy atom. The molecular weight excluding hydrogens is 222 g/mol. The summed E-state index contributed by atoms with van der Waals surface area (Å²) in [7, 11) is 0. The van der Waals surface area contributed by atoms with Crippen molar-refractivity contribution in [1.82, 2.24) is 14.9 Å². The van der Waals surface area contributed by atoms with Gasteiger partial charge in [-0.05, 0) is 24.6 Å². The Bertz CT molecular complexity index is 406. The van der Waals surface area contributed by atoms with Crippen LogP contribution in [0.5, 0.6) is 0 Å². The number of hydrogen-bond donors (Lipinski definition) is 2. The fraction of sp³-hybridized carbons (Fsp3) is 0.636. The fourth-order valence-electron chi connectivity index (χ4n) is 1.42. The van der Waals surface area contributed by atoms with Crippen molar-refractivity contribution in [3.8, 4) is 0 Å². The van der Waals surface area contributed by atoms with Crippen LogP contribution < -0.4 is 5.32 Å². The van der Waals surface area contributed by atoms with Crippen LogP contribution in [0.4, 0.5) is 0 Å². The summed E-state index contributed by atoms with van der Waals surface area (Å²) in [4.78, 5) is 14.6. The maximum atomic E-state index is 11.6. The molecule has 1 aromatic rings. The summed E-state index contributed by atoms with van der Waals surface area (Å²) in [5, 5.41) is 2.88. The van der Waals surface area contributed by atoms with Gasteiger partial charge in [0, 0.05) is 18.4 Å². The first kappa shape index (κ1) is 13.0. The Morgan fingerprint density at radius 3 is 2.88 bits per heavy atom. The zero-order chi connectivity index (χ0) is 12.1. The Labute approximate surface area is 101 Å². The molecule has 0 aliphatic carbocycles. The van der Waals surface area contributed by atoms with Crippen LogP contribution in [-0.2, 0) is 17.8 Å². The third-order valence-corrected chi connectivity index (χ3v) is 2.66. The molecule has 16 heavy (non-hydrogen) atoms. The number of aryl methyl sites for hydroxylation is 1. The van der Waals surface area contributed by atoms with Gasteiger partial charge < -0.3 is 14.9 Å². The molecule has 0 saturated heterocycles. The Balaban J connectivity index is 2.62. The average Bonchev–Trinajstić information content (AvgIpc) is 2.57. The average molecular weight is 241 g/mol. The lowest BCUT2D eigenvalue weighted by Gasteiger charge is -2.09. The number of H-pyrrole nitrogens is 1. The van der Waals surface area contributed by atoms with Crippen LogP contribution in [0.2, 0.25) is 0 Å². The number of nitrogens with one attached hydrogen (secondary N) is 2. The molecule has 90 valence electrons. The second-order valence-corrected chi connectivity index (χ2v) is 4.61.